The third kappa shape index (κ3) is 4.84. The van der Waals surface area contributed by atoms with Gasteiger partial charge in [-0.05, 0) is 48.9 Å². The van der Waals surface area contributed by atoms with Crippen LogP contribution in [0.2, 0.25) is 5.02 Å². The molecule has 7 heteroatoms. The smallest absolute Gasteiger partial charge is 0.255 e. The standard InChI is InChI=1S/C18H19ClN2O3S/c1-4-11-21(25(3,23)24)16-9-6-14(7-10-16)18(22)20-15-8-5-13(2)17(19)12-15/h4-10,12H,1,11H2,2-3H3,(H,20,22). The maximum absolute atomic E-state index is 12.3. The Hall–Kier alpha value is -2.31. The first-order chi connectivity index (χ1) is 11.7. The highest BCUT2D eigenvalue weighted by molar-refractivity contribution is 7.92. The van der Waals surface area contributed by atoms with Crippen molar-refractivity contribution in [2.75, 3.05) is 22.4 Å². The first kappa shape index (κ1) is 19.0. The molecule has 5 nitrogen and oxygen atoms in total. The summed E-state index contributed by atoms with van der Waals surface area (Å²) in [4.78, 5) is 12.3. The molecule has 0 bridgehead atoms. The Kier molecular flexibility index (Phi) is 5.87. The fourth-order valence-electron chi connectivity index (χ4n) is 2.20. The highest BCUT2D eigenvalue weighted by atomic mass is 35.5. The quantitative estimate of drug-likeness (QED) is 0.776. The van der Waals surface area contributed by atoms with E-state index in [1.54, 1.807) is 36.4 Å². The van der Waals surface area contributed by atoms with E-state index in [9.17, 15) is 13.2 Å². The third-order valence-corrected chi connectivity index (χ3v) is 5.11. The second kappa shape index (κ2) is 7.72. The van der Waals surface area contributed by atoms with E-state index in [0.29, 0.717) is 22.0 Å². The molecular formula is C18H19ClN2O3S. The van der Waals surface area contributed by atoms with Gasteiger partial charge < -0.3 is 5.32 Å². The van der Waals surface area contributed by atoms with Crippen molar-refractivity contribution in [2.24, 2.45) is 0 Å². The van der Waals surface area contributed by atoms with Gasteiger partial charge in [0.2, 0.25) is 10.0 Å². The van der Waals surface area contributed by atoms with Crippen LogP contribution in [0.5, 0.6) is 0 Å². The summed E-state index contributed by atoms with van der Waals surface area (Å²) in [7, 11) is -3.42. The van der Waals surface area contributed by atoms with Crippen molar-refractivity contribution in [1.29, 1.82) is 0 Å². The molecule has 25 heavy (non-hydrogen) atoms. The van der Waals surface area contributed by atoms with Gasteiger partial charge in [0, 0.05) is 16.3 Å². The van der Waals surface area contributed by atoms with Crippen LogP contribution in [0.25, 0.3) is 0 Å². The first-order valence-electron chi connectivity index (χ1n) is 7.48. The number of carbonyl (C=O) groups is 1. The number of amides is 1. The van der Waals surface area contributed by atoms with Crippen LogP contribution < -0.4 is 9.62 Å². The van der Waals surface area contributed by atoms with Crippen molar-refractivity contribution < 1.29 is 13.2 Å². The Morgan fingerprint density at radius 1 is 1.24 bits per heavy atom. The van der Waals surface area contributed by atoms with E-state index in [1.807, 2.05) is 13.0 Å². The lowest BCUT2D eigenvalue weighted by molar-refractivity contribution is 0.102. The SMILES string of the molecule is C=CCN(c1ccc(C(=O)Nc2ccc(C)c(Cl)c2)cc1)S(C)(=O)=O. The maximum Gasteiger partial charge on any atom is 0.255 e. The first-order valence-corrected chi connectivity index (χ1v) is 9.71. The lowest BCUT2D eigenvalue weighted by Crippen LogP contribution is -2.29. The Labute approximate surface area is 153 Å². The van der Waals surface area contributed by atoms with Crippen LogP contribution in [0.3, 0.4) is 0 Å². The number of benzene rings is 2. The summed E-state index contributed by atoms with van der Waals surface area (Å²) in [6.07, 6.45) is 2.63. The summed E-state index contributed by atoms with van der Waals surface area (Å²) >= 11 is 6.05. The van der Waals surface area contributed by atoms with Crippen molar-refractivity contribution in [3.63, 3.8) is 0 Å². The molecule has 2 rings (SSSR count). The fraction of sp³-hybridized carbons (Fsp3) is 0.167. The fourth-order valence-corrected chi connectivity index (χ4v) is 3.26. The molecule has 0 atom stereocenters. The van der Waals surface area contributed by atoms with Gasteiger partial charge in [0.15, 0.2) is 0 Å². The van der Waals surface area contributed by atoms with E-state index in [4.69, 9.17) is 11.6 Å². The van der Waals surface area contributed by atoms with Crippen LogP contribution in [-0.4, -0.2) is 27.1 Å². The van der Waals surface area contributed by atoms with Gasteiger partial charge in [0.1, 0.15) is 0 Å². The molecule has 132 valence electrons. The molecular weight excluding hydrogens is 360 g/mol. The predicted octanol–water partition coefficient (Wildman–Crippen LogP) is 3.85. The zero-order valence-electron chi connectivity index (χ0n) is 14.0. The topological polar surface area (TPSA) is 66.5 Å². The molecule has 2 aromatic carbocycles. The number of rotatable bonds is 6. The van der Waals surface area contributed by atoms with Crippen LogP contribution in [0.1, 0.15) is 15.9 Å². The third-order valence-electron chi connectivity index (χ3n) is 3.54. The number of hydrogen-bond donors (Lipinski definition) is 1. The van der Waals surface area contributed by atoms with Gasteiger partial charge >= 0.3 is 0 Å². The van der Waals surface area contributed by atoms with Crippen LogP contribution in [0.15, 0.2) is 55.1 Å². The summed E-state index contributed by atoms with van der Waals surface area (Å²) in [5, 5.41) is 3.33. The van der Waals surface area contributed by atoms with Crippen molar-refractivity contribution in [3.05, 3.63) is 71.3 Å². The molecule has 0 radical (unpaired) electrons. The zero-order chi connectivity index (χ0) is 18.6. The van der Waals surface area contributed by atoms with Gasteiger partial charge in [-0.2, -0.15) is 0 Å². The number of nitrogens with zero attached hydrogens (tertiary/aromatic N) is 1. The number of anilines is 2. The number of aryl methyl sites for hydroxylation is 1. The lowest BCUT2D eigenvalue weighted by Gasteiger charge is -2.20. The van der Waals surface area contributed by atoms with Gasteiger partial charge in [0.25, 0.3) is 5.91 Å². The summed E-state index contributed by atoms with van der Waals surface area (Å²) in [5.41, 5.74) is 2.39. The van der Waals surface area contributed by atoms with E-state index < -0.39 is 10.0 Å². The molecule has 0 aliphatic rings. The number of carbonyl (C=O) groups excluding carboxylic acids is 1. The molecule has 0 aromatic heterocycles. The number of sulfonamides is 1. The minimum Gasteiger partial charge on any atom is -0.322 e. The summed E-state index contributed by atoms with van der Waals surface area (Å²) in [6, 6.07) is 11.6. The summed E-state index contributed by atoms with van der Waals surface area (Å²) in [6.45, 7) is 5.60. The predicted molar refractivity (Wildman–Crippen MR) is 103 cm³/mol. The number of nitrogens with one attached hydrogen (secondary N) is 1. The molecule has 0 spiro atoms. The Morgan fingerprint density at radius 3 is 2.40 bits per heavy atom. The monoisotopic (exact) mass is 378 g/mol. The molecule has 1 N–H and O–H groups in total. The highest BCUT2D eigenvalue weighted by Crippen LogP contribution is 2.22. The second-order valence-electron chi connectivity index (χ2n) is 5.55. The molecule has 0 saturated heterocycles. The minimum absolute atomic E-state index is 0.159. The van der Waals surface area contributed by atoms with Crippen LogP contribution in [0, 0.1) is 6.92 Å². The lowest BCUT2D eigenvalue weighted by atomic mass is 10.1. The van der Waals surface area contributed by atoms with Gasteiger partial charge in [-0.25, -0.2) is 8.42 Å². The molecule has 0 saturated carbocycles. The van der Waals surface area contributed by atoms with Gasteiger partial charge in [-0.3, -0.25) is 9.10 Å². The average Bonchev–Trinajstić information content (AvgIpc) is 2.55. The van der Waals surface area contributed by atoms with Crippen molar-refractivity contribution in [3.8, 4) is 0 Å². The van der Waals surface area contributed by atoms with Crippen LogP contribution >= 0.6 is 11.6 Å². The maximum atomic E-state index is 12.3. The van der Waals surface area contributed by atoms with Crippen molar-refractivity contribution in [1.82, 2.24) is 0 Å². The van der Waals surface area contributed by atoms with Crippen molar-refractivity contribution >= 4 is 38.9 Å². The van der Waals surface area contributed by atoms with E-state index in [2.05, 4.69) is 11.9 Å². The van der Waals surface area contributed by atoms with Crippen molar-refractivity contribution in [2.45, 2.75) is 6.92 Å². The minimum atomic E-state index is -3.42. The number of hydrogen-bond acceptors (Lipinski definition) is 3. The summed E-state index contributed by atoms with van der Waals surface area (Å²) in [5.74, 6) is -0.305. The zero-order valence-corrected chi connectivity index (χ0v) is 15.6. The molecule has 0 fully saturated rings. The molecule has 2 aromatic rings. The molecule has 0 unspecified atom stereocenters. The molecule has 0 aliphatic heterocycles. The molecule has 0 aliphatic carbocycles. The average molecular weight is 379 g/mol. The van der Waals surface area contributed by atoms with E-state index >= 15 is 0 Å². The van der Waals surface area contributed by atoms with Gasteiger partial charge in [-0.1, -0.05) is 23.7 Å². The van der Waals surface area contributed by atoms with Crippen LogP contribution in [-0.2, 0) is 10.0 Å². The molecule has 0 heterocycles. The van der Waals surface area contributed by atoms with E-state index in [0.717, 1.165) is 11.8 Å². The largest absolute Gasteiger partial charge is 0.322 e. The van der Waals surface area contributed by atoms with E-state index in [-0.39, 0.29) is 12.5 Å². The van der Waals surface area contributed by atoms with Gasteiger partial charge in [0.05, 0.1) is 18.5 Å². The van der Waals surface area contributed by atoms with Gasteiger partial charge in [-0.15, -0.1) is 6.58 Å². The Morgan fingerprint density at radius 2 is 1.88 bits per heavy atom. The Balaban J connectivity index is 2.19. The number of halogens is 1. The second-order valence-corrected chi connectivity index (χ2v) is 7.86. The van der Waals surface area contributed by atoms with E-state index in [1.165, 1.54) is 10.4 Å². The van der Waals surface area contributed by atoms with Crippen LogP contribution in [0.4, 0.5) is 11.4 Å². The summed E-state index contributed by atoms with van der Waals surface area (Å²) < 4.78 is 24.9. The highest BCUT2D eigenvalue weighted by Gasteiger charge is 2.16. The molecule has 1 amide bonds. The Bertz CT molecular complexity index is 893. The normalized spacial score (nSPS) is 11.0.